The molecule has 1 saturated heterocycles. The van der Waals surface area contributed by atoms with Gasteiger partial charge in [-0.3, -0.25) is 19.1 Å². The second kappa shape index (κ2) is 13.2. The highest BCUT2D eigenvalue weighted by Crippen LogP contribution is 2.42. The molecule has 0 saturated carbocycles. The summed E-state index contributed by atoms with van der Waals surface area (Å²) < 4.78 is 35.5. The molecule has 16 heteroatoms. The number of carbonyl (C=O) groups is 3. The number of aromatic nitrogens is 4. The Labute approximate surface area is 281 Å². The van der Waals surface area contributed by atoms with Crippen LogP contribution < -0.4 is 11.0 Å². The van der Waals surface area contributed by atoms with Crippen LogP contribution in [0.3, 0.4) is 0 Å². The highest BCUT2D eigenvalue weighted by molar-refractivity contribution is 8.02. The van der Waals surface area contributed by atoms with Gasteiger partial charge in [0, 0.05) is 29.8 Å². The van der Waals surface area contributed by atoms with Crippen molar-refractivity contribution in [3.05, 3.63) is 83.2 Å². The number of fused-ring (bicyclic) bond motifs is 1. The van der Waals surface area contributed by atoms with E-state index >= 15 is 0 Å². The zero-order chi connectivity index (χ0) is 35.0. The summed E-state index contributed by atoms with van der Waals surface area (Å²) in [5.74, 6) is -2.52. The van der Waals surface area contributed by atoms with Crippen LogP contribution in [0.5, 0.6) is 0 Å². The van der Waals surface area contributed by atoms with Gasteiger partial charge in [-0.2, -0.15) is 4.31 Å². The number of aliphatic carboxylic acids is 1. The fourth-order valence-corrected chi connectivity index (χ4v) is 8.59. The van der Waals surface area contributed by atoms with Crippen molar-refractivity contribution in [2.45, 2.75) is 74.9 Å². The monoisotopic (exact) mass is 696 g/mol. The molecule has 1 aromatic carbocycles. The van der Waals surface area contributed by atoms with Crippen molar-refractivity contribution in [1.82, 2.24) is 28.7 Å². The molecule has 0 radical (unpaired) electrons. The number of hydrogen-bond donors (Lipinski definition) is 2. The normalized spacial score (nSPS) is 17.2. The van der Waals surface area contributed by atoms with E-state index in [9.17, 15) is 32.7 Å². The van der Waals surface area contributed by atoms with E-state index in [1.807, 2.05) is 0 Å². The third-order valence-electron chi connectivity index (χ3n) is 7.63. The molecule has 1 amide bonds. The number of thioether (sulfide) groups is 1. The number of carbonyl (C=O) groups excluding carboxylic acids is 2. The lowest BCUT2D eigenvalue weighted by Gasteiger charge is -2.32. The van der Waals surface area contributed by atoms with Crippen molar-refractivity contribution < 1.29 is 32.6 Å². The van der Waals surface area contributed by atoms with Crippen LogP contribution in [0.4, 0.5) is 0 Å². The maximum atomic E-state index is 14.0. The van der Waals surface area contributed by atoms with Gasteiger partial charge in [0.2, 0.25) is 15.9 Å². The fourth-order valence-electron chi connectivity index (χ4n) is 5.46. The molecular weight excluding hydrogens is 661 g/mol. The molecule has 48 heavy (non-hydrogen) atoms. The van der Waals surface area contributed by atoms with E-state index in [4.69, 9.17) is 4.74 Å². The molecule has 4 aromatic rings. The third kappa shape index (κ3) is 7.15. The van der Waals surface area contributed by atoms with Crippen molar-refractivity contribution in [2.24, 2.45) is 0 Å². The van der Waals surface area contributed by atoms with E-state index in [0.717, 1.165) is 8.87 Å². The van der Waals surface area contributed by atoms with Crippen LogP contribution in [-0.4, -0.2) is 83.1 Å². The Morgan fingerprint density at radius 1 is 1.10 bits per heavy atom. The van der Waals surface area contributed by atoms with Gasteiger partial charge in [-0.05, 0) is 76.6 Å². The second-order valence-electron chi connectivity index (χ2n) is 12.8. The Kier molecular flexibility index (Phi) is 9.54. The lowest BCUT2D eigenvalue weighted by Crippen LogP contribution is -2.57. The molecule has 0 bridgehead atoms. The van der Waals surface area contributed by atoms with Crippen LogP contribution in [0, 0.1) is 0 Å². The van der Waals surface area contributed by atoms with Gasteiger partial charge in [-0.15, -0.1) is 11.8 Å². The third-order valence-corrected chi connectivity index (χ3v) is 11.0. The maximum Gasteiger partial charge on any atom is 0.335 e. The molecule has 1 fully saturated rings. The zero-order valence-electron chi connectivity index (χ0n) is 27.0. The number of pyridine rings is 2. The van der Waals surface area contributed by atoms with Crippen LogP contribution in [0.2, 0.25) is 0 Å². The van der Waals surface area contributed by atoms with Crippen LogP contribution in [-0.2, 0) is 42.1 Å². The molecule has 3 aromatic heterocycles. The molecule has 0 unspecified atom stereocenters. The van der Waals surface area contributed by atoms with Gasteiger partial charge < -0.3 is 15.2 Å². The summed E-state index contributed by atoms with van der Waals surface area (Å²) in [7, 11) is -4.10. The first kappa shape index (κ1) is 34.8. The summed E-state index contributed by atoms with van der Waals surface area (Å²) in [6, 6.07) is 10.4. The number of nitrogens with one attached hydrogen (secondary N) is 1. The predicted octanol–water partition coefficient (Wildman–Crippen LogP) is 2.58. The Bertz CT molecular complexity index is 2020. The van der Waals surface area contributed by atoms with Crippen LogP contribution in [0.1, 0.15) is 40.2 Å². The number of rotatable bonds is 10. The largest absolute Gasteiger partial charge is 0.480 e. The SMILES string of the molecule is CC(C)(C)OC(=O)[C@@H](Cc1ccc(-n2c(=O)n(CC(=O)O)c3cccnc32)cc1)NC(=O)[C@@H]1N(S(=O)(=O)c2cccnc2)CSC1(C)C. The molecule has 2 N–H and O–H groups in total. The molecule has 2 atom stereocenters. The molecule has 4 heterocycles. The fraction of sp³-hybridized carbons (Fsp3) is 0.375. The lowest BCUT2D eigenvalue weighted by molar-refractivity contribution is -0.158. The molecule has 0 aliphatic carbocycles. The average molecular weight is 697 g/mol. The molecule has 1 aliphatic rings. The summed E-state index contributed by atoms with van der Waals surface area (Å²) in [6.07, 6.45) is 4.17. The topological polar surface area (TPSA) is 183 Å². The van der Waals surface area contributed by atoms with Gasteiger partial charge in [0.1, 0.15) is 29.1 Å². The number of amides is 1. The number of nitrogens with zero attached hydrogens (tertiary/aromatic N) is 5. The molecule has 14 nitrogen and oxygen atoms in total. The van der Waals surface area contributed by atoms with Gasteiger partial charge in [0.05, 0.1) is 17.1 Å². The minimum absolute atomic E-state index is 0.00942. The van der Waals surface area contributed by atoms with Crippen LogP contribution >= 0.6 is 11.8 Å². The molecule has 1 aliphatic heterocycles. The van der Waals surface area contributed by atoms with Crippen molar-refractivity contribution in [3.8, 4) is 5.69 Å². The minimum Gasteiger partial charge on any atom is -0.480 e. The quantitative estimate of drug-likeness (QED) is 0.233. The lowest BCUT2D eigenvalue weighted by atomic mass is 10.0. The van der Waals surface area contributed by atoms with Gasteiger partial charge in [0.15, 0.2) is 5.65 Å². The number of ether oxygens (including phenoxy) is 1. The van der Waals surface area contributed by atoms with E-state index in [2.05, 4.69) is 15.3 Å². The zero-order valence-corrected chi connectivity index (χ0v) is 28.6. The Morgan fingerprint density at radius 3 is 2.42 bits per heavy atom. The predicted molar refractivity (Wildman–Crippen MR) is 178 cm³/mol. The van der Waals surface area contributed by atoms with E-state index < -0.39 is 62.5 Å². The summed E-state index contributed by atoms with van der Waals surface area (Å²) in [6.45, 7) is 8.09. The summed E-state index contributed by atoms with van der Waals surface area (Å²) >= 11 is 1.30. The number of sulfonamides is 1. The van der Waals surface area contributed by atoms with Crippen molar-refractivity contribution in [3.63, 3.8) is 0 Å². The van der Waals surface area contributed by atoms with Gasteiger partial charge in [-0.1, -0.05) is 12.1 Å². The molecular formula is C32H36N6O8S2. The van der Waals surface area contributed by atoms with Gasteiger partial charge in [-0.25, -0.2) is 27.6 Å². The highest BCUT2D eigenvalue weighted by Gasteiger charge is 2.51. The minimum atomic E-state index is -4.10. The van der Waals surface area contributed by atoms with Crippen LogP contribution in [0.25, 0.3) is 16.9 Å². The standard InChI is InChI=1S/C32H36N6O8S2/c1-31(2,3)46-29(42)23(35-28(41)26-32(4,5)47-19-37(26)48(44,45)22-8-6-14-33-17-22)16-20-10-12-21(13-11-20)38-27-24(9-7-15-34-27)36(30(38)43)18-25(39)40/h6-15,17,23,26H,16,18-19H2,1-5H3,(H,35,41)(H,39,40)/t23-,26+/m1/s1. The highest BCUT2D eigenvalue weighted by atomic mass is 32.2. The molecule has 254 valence electrons. The number of carboxylic acids is 1. The molecule has 0 spiro atoms. The maximum absolute atomic E-state index is 14.0. The second-order valence-corrected chi connectivity index (χ2v) is 16.3. The smallest absolute Gasteiger partial charge is 0.335 e. The Balaban J connectivity index is 1.44. The van der Waals surface area contributed by atoms with E-state index in [0.29, 0.717) is 16.8 Å². The van der Waals surface area contributed by atoms with Crippen molar-refractivity contribution in [1.29, 1.82) is 0 Å². The summed E-state index contributed by atoms with van der Waals surface area (Å²) in [5, 5.41) is 12.1. The van der Waals surface area contributed by atoms with E-state index in [1.54, 1.807) is 71.0 Å². The van der Waals surface area contributed by atoms with E-state index in [1.165, 1.54) is 47.1 Å². The molecule has 5 rings (SSSR count). The first-order valence-corrected chi connectivity index (χ1v) is 17.4. The number of esters is 1. The number of carboxylic acid groups (broad SMARTS) is 1. The first-order valence-electron chi connectivity index (χ1n) is 15.0. The number of hydrogen-bond acceptors (Lipinski definition) is 10. The van der Waals surface area contributed by atoms with E-state index in [-0.39, 0.29) is 22.8 Å². The number of imidazole rings is 1. The first-order chi connectivity index (χ1) is 22.5. The summed E-state index contributed by atoms with van der Waals surface area (Å²) in [5.41, 5.74) is 0.189. The summed E-state index contributed by atoms with van der Waals surface area (Å²) in [4.78, 5) is 60.3. The van der Waals surface area contributed by atoms with Gasteiger partial charge in [0.25, 0.3) is 0 Å². The average Bonchev–Trinajstić information content (AvgIpc) is 3.49. The van der Waals surface area contributed by atoms with Crippen molar-refractivity contribution >= 4 is 50.8 Å². The van der Waals surface area contributed by atoms with Crippen molar-refractivity contribution in [2.75, 3.05) is 5.88 Å². The number of benzene rings is 1. The van der Waals surface area contributed by atoms with Gasteiger partial charge >= 0.3 is 17.6 Å². The Morgan fingerprint density at radius 2 is 1.79 bits per heavy atom. The Hall–Kier alpha value is -4.54. The van der Waals surface area contributed by atoms with Crippen LogP contribution in [0.15, 0.2) is 76.8 Å².